The molecule has 1 heterocycles. The molecule has 0 unspecified atom stereocenters. The molecule has 1 saturated heterocycles. The Bertz CT molecular complexity index is 2090. The van der Waals surface area contributed by atoms with Gasteiger partial charge in [0.05, 0.1) is 4.90 Å². The third-order valence-corrected chi connectivity index (χ3v) is 12.3. The lowest BCUT2D eigenvalue weighted by atomic mass is 10.1. The number of aryl methyl sites for hydroxylation is 1. The summed E-state index contributed by atoms with van der Waals surface area (Å²) in [6.07, 6.45) is 0.931. The molecular formula is C44H52N6O3S2. The Morgan fingerprint density at radius 2 is 1.47 bits per heavy atom. The summed E-state index contributed by atoms with van der Waals surface area (Å²) in [6, 6.07) is 41.5. The fraction of sp³-hybridized carbons (Fsp3) is 0.295. The molecule has 3 N–H and O–H groups in total. The number of hydrogen-bond donors (Lipinski definition) is 3. The molecule has 1 aliphatic rings. The van der Waals surface area contributed by atoms with E-state index in [2.05, 4.69) is 105 Å². The third kappa shape index (κ3) is 11.6. The molecule has 0 saturated carbocycles. The van der Waals surface area contributed by atoms with Gasteiger partial charge >= 0.3 is 0 Å². The average molecular weight is 777 g/mol. The predicted molar refractivity (Wildman–Crippen MR) is 228 cm³/mol. The van der Waals surface area contributed by atoms with Crippen LogP contribution in [0, 0.1) is 6.92 Å². The number of piperazine rings is 1. The largest absolute Gasteiger partial charge is 0.381 e. The van der Waals surface area contributed by atoms with E-state index < -0.39 is 15.9 Å². The maximum atomic E-state index is 13.4. The second-order valence-electron chi connectivity index (χ2n) is 14.3. The van der Waals surface area contributed by atoms with Gasteiger partial charge in [0, 0.05) is 78.6 Å². The lowest BCUT2D eigenvalue weighted by Crippen LogP contribution is -2.46. The molecule has 1 amide bonds. The van der Waals surface area contributed by atoms with E-state index >= 15 is 0 Å². The van der Waals surface area contributed by atoms with Crippen molar-refractivity contribution in [3.8, 4) is 0 Å². The summed E-state index contributed by atoms with van der Waals surface area (Å²) in [7, 11) is 0.0360. The minimum absolute atomic E-state index is 0.0523. The number of hydrogen-bond acceptors (Lipinski definition) is 9. The van der Waals surface area contributed by atoms with Gasteiger partial charge < -0.3 is 20.4 Å². The highest BCUT2D eigenvalue weighted by Gasteiger charge is 2.22. The quantitative estimate of drug-likeness (QED) is 0.0827. The standard InChI is InChI=1S/C44H52N6O3S2/c1-34-30-41(22-23-42(34)46-38(24-25-48(2)3)33-54-40-15-8-5-9-16-40)55(52,53)47-44(51)36-18-20-39(21-19-36)50-28-26-49(27-29-50)32-37-14-10-11-17-43(37)45-31-35-12-6-4-7-13-35/h4-23,30,38,45-46H,24-29,31-33H2,1-3H3,(H,47,51)/t38-/m1/s1. The number of carbonyl (C=O) groups excluding carboxylic acids is 1. The molecule has 6 rings (SSSR count). The highest BCUT2D eigenvalue weighted by molar-refractivity contribution is 7.99. The zero-order chi connectivity index (χ0) is 38.6. The van der Waals surface area contributed by atoms with E-state index in [0.717, 1.165) is 80.6 Å². The Morgan fingerprint density at radius 3 is 2.16 bits per heavy atom. The third-order valence-electron chi connectivity index (χ3n) is 9.82. The molecule has 1 atom stereocenters. The minimum atomic E-state index is -4.09. The highest BCUT2D eigenvalue weighted by atomic mass is 32.2. The molecular weight excluding hydrogens is 725 g/mol. The second-order valence-corrected chi connectivity index (χ2v) is 17.1. The number of benzene rings is 5. The fourth-order valence-electron chi connectivity index (χ4n) is 6.60. The topological polar surface area (TPSA) is 97.0 Å². The van der Waals surface area contributed by atoms with Gasteiger partial charge in [-0.3, -0.25) is 9.69 Å². The first-order chi connectivity index (χ1) is 26.6. The molecule has 5 aromatic rings. The summed E-state index contributed by atoms with van der Waals surface area (Å²) in [4.78, 5) is 21.4. The van der Waals surface area contributed by atoms with Crippen LogP contribution in [0.15, 0.2) is 137 Å². The van der Waals surface area contributed by atoms with Gasteiger partial charge in [-0.2, -0.15) is 0 Å². The van der Waals surface area contributed by atoms with Crippen molar-refractivity contribution < 1.29 is 13.2 Å². The van der Waals surface area contributed by atoms with E-state index in [1.807, 2.05) is 43.3 Å². The maximum absolute atomic E-state index is 13.4. The molecule has 0 aliphatic carbocycles. The van der Waals surface area contributed by atoms with Crippen LogP contribution in [-0.4, -0.2) is 82.7 Å². The Balaban J connectivity index is 1.00. The van der Waals surface area contributed by atoms with E-state index in [1.54, 1.807) is 42.1 Å². The number of carbonyl (C=O) groups is 1. The van der Waals surface area contributed by atoms with Crippen LogP contribution in [0.1, 0.15) is 33.5 Å². The minimum Gasteiger partial charge on any atom is -0.381 e. The molecule has 1 fully saturated rings. The second kappa shape index (κ2) is 19.2. The summed E-state index contributed by atoms with van der Waals surface area (Å²) in [6.45, 7) is 7.98. The Hall–Kier alpha value is -4.81. The van der Waals surface area contributed by atoms with Gasteiger partial charge in [-0.05, 0) is 111 Å². The van der Waals surface area contributed by atoms with Crippen molar-refractivity contribution in [2.75, 3.05) is 68.1 Å². The number of anilines is 3. The molecule has 0 spiro atoms. The summed E-state index contributed by atoms with van der Waals surface area (Å²) in [5.41, 5.74) is 6.65. The van der Waals surface area contributed by atoms with Crippen molar-refractivity contribution in [3.63, 3.8) is 0 Å². The van der Waals surface area contributed by atoms with E-state index in [9.17, 15) is 13.2 Å². The van der Waals surface area contributed by atoms with Gasteiger partial charge in [-0.15, -0.1) is 11.8 Å². The molecule has 1 aliphatic heterocycles. The predicted octanol–water partition coefficient (Wildman–Crippen LogP) is 7.57. The lowest BCUT2D eigenvalue weighted by molar-refractivity contribution is 0.0981. The van der Waals surface area contributed by atoms with Gasteiger partial charge in [-0.1, -0.05) is 66.7 Å². The number of rotatable bonds is 17. The van der Waals surface area contributed by atoms with Crippen molar-refractivity contribution in [1.29, 1.82) is 0 Å². The van der Waals surface area contributed by atoms with Gasteiger partial charge in [0.1, 0.15) is 0 Å². The van der Waals surface area contributed by atoms with Crippen LogP contribution in [0.5, 0.6) is 0 Å². The number of amides is 1. The zero-order valence-electron chi connectivity index (χ0n) is 31.9. The van der Waals surface area contributed by atoms with Crippen LogP contribution in [0.4, 0.5) is 17.1 Å². The smallest absolute Gasteiger partial charge is 0.264 e. The SMILES string of the molecule is Cc1cc(S(=O)(=O)NC(=O)c2ccc(N3CCN(Cc4ccccc4NCc4ccccc4)CC3)cc2)ccc1N[C@H](CCN(C)C)CSc1ccccc1. The number of thioether (sulfide) groups is 1. The molecule has 11 heteroatoms. The number of para-hydroxylation sites is 1. The molecule has 0 radical (unpaired) electrons. The van der Waals surface area contributed by atoms with Crippen LogP contribution in [-0.2, 0) is 23.1 Å². The molecule has 0 aromatic heterocycles. The molecule has 288 valence electrons. The van der Waals surface area contributed by atoms with E-state index in [1.165, 1.54) is 16.0 Å². The van der Waals surface area contributed by atoms with Crippen LogP contribution >= 0.6 is 11.8 Å². The van der Waals surface area contributed by atoms with Gasteiger partial charge in [0.15, 0.2) is 0 Å². The summed E-state index contributed by atoms with van der Waals surface area (Å²) in [5.74, 6) is 0.211. The van der Waals surface area contributed by atoms with Gasteiger partial charge in [-0.25, -0.2) is 13.1 Å². The van der Waals surface area contributed by atoms with Crippen LogP contribution < -0.4 is 20.3 Å². The van der Waals surface area contributed by atoms with Crippen molar-refractivity contribution in [2.24, 2.45) is 0 Å². The first-order valence-corrected chi connectivity index (χ1v) is 21.3. The van der Waals surface area contributed by atoms with Crippen LogP contribution in [0.25, 0.3) is 0 Å². The van der Waals surface area contributed by atoms with Crippen molar-refractivity contribution >= 4 is 44.8 Å². The summed E-state index contributed by atoms with van der Waals surface area (Å²) >= 11 is 1.80. The lowest BCUT2D eigenvalue weighted by Gasteiger charge is -2.36. The molecule has 55 heavy (non-hydrogen) atoms. The number of nitrogens with one attached hydrogen (secondary N) is 3. The molecule has 0 bridgehead atoms. The number of sulfonamides is 1. The highest BCUT2D eigenvalue weighted by Crippen LogP contribution is 2.26. The van der Waals surface area contributed by atoms with E-state index in [4.69, 9.17) is 0 Å². The van der Waals surface area contributed by atoms with Crippen molar-refractivity contribution in [2.45, 2.75) is 42.3 Å². The summed E-state index contributed by atoms with van der Waals surface area (Å²) in [5, 5.41) is 7.24. The summed E-state index contributed by atoms with van der Waals surface area (Å²) < 4.78 is 29.0. The van der Waals surface area contributed by atoms with Gasteiger partial charge in [0.2, 0.25) is 0 Å². The van der Waals surface area contributed by atoms with E-state index in [0.29, 0.717) is 5.56 Å². The van der Waals surface area contributed by atoms with Crippen LogP contribution in [0.2, 0.25) is 0 Å². The van der Waals surface area contributed by atoms with Crippen molar-refractivity contribution in [1.82, 2.24) is 14.5 Å². The van der Waals surface area contributed by atoms with Gasteiger partial charge in [0.25, 0.3) is 15.9 Å². The monoisotopic (exact) mass is 776 g/mol. The Kier molecular flexibility index (Phi) is 13.9. The molecule has 5 aromatic carbocycles. The Morgan fingerprint density at radius 1 is 0.800 bits per heavy atom. The Labute approximate surface area is 331 Å². The molecule has 9 nitrogen and oxygen atoms in total. The number of nitrogens with zero attached hydrogens (tertiary/aromatic N) is 3. The maximum Gasteiger partial charge on any atom is 0.264 e. The van der Waals surface area contributed by atoms with E-state index in [-0.39, 0.29) is 10.9 Å². The normalized spacial score (nSPS) is 14.1. The fourth-order valence-corrected chi connectivity index (χ4v) is 8.65. The average Bonchev–Trinajstić information content (AvgIpc) is 3.20. The zero-order valence-corrected chi connectivity index (χ0v) is 33.6. The van der Waals surface area contributed by atoms with Crippen LogP contribution in [0.3, 0.4) is 0 Å². The first-order valence-electron chi connectivity index (χ1n) is 18.8. The van der Waals surface area contributed by atoms with Crippen molar-refractivity contribution in [3.05, 3.63) is 150 Å². The first kappa shape index (κ1) is 39.9.